The molecule has 2 aromatic rings. The summed E-state index contributed by atoms with van der Waals surface area (Å²) in [6.45, 7) is 1.95. The molecular weight excluding hydrogens is 292 g/mol. The second-order valence-corrected chi connectivity index (χ2v) is 5.06. The van der Waals surface area contributed by atoms with E-state index in [4.69, 9.17) is 4.74 Å². The molecule has 0 bridgehead atoms. The predicted molar refractivity (Wildman–Crippen MR) is 90.9 cm³/mol. The molecular formula is C18H20N2O3. The molecule has 2 aromatic carbocycles. The van der Waals surface area contributed by atoms with Crippen LogP contribution in [0.15, 0.2) is 48.5 Å². The van der Waals surface area contributed by atoms with E-state index in [0.717, 1.165) is 6.42 Å². The van der Waals surface area contributed by atoms with Crippen LogP contribution in [0, 0.1) is 0 Å². The van der Waals surface area contributed by atoms with Gasteiger partial charge >= 0.3 is 0 Å². The van der Waals surface area contributed by atoms with E-state index in [0.29, 0.717) is 29.1 Å². The molecule has 120 valence electrons. The Labute approximate surface area is 135 Å². The third-order valence-electron chi connectivity index (χ3n) is 3.23. The molecule has 0 fully saturated rings. The van der Waals surface area contributed by atoms with Gasteiger partial charge in [0.25, 0.3) is 5.91 Å². The van der Waals surface area contributed by atoms with Gasteiger partial charge in [-0.2, -0.15) is 0 Å². The van der Waals surface area contributed by atoms with Gasteiger partial charge in [-0.3, -0.25) is 9.59 Å². The zero-order valence-corrected chi connectivity index (χ0v) is 13.3. The molecule has 0 unspecified atom stereocenters. The van der Waals surface area contributed by atoms with Gasteiger partial charge < -0.3 is 15.4 Å². The molecule has 2 rings (SSSR count). The van der Waals surface area contributed by atoms with E-state index >= 15 is 0 Å². The third kappa shape index (κ3) is 4.85. The Hall–Kier alpha value is -2.82. The van der Waals surface area contributed by atoms with Crippen molar-refractivity contribution in [2.24, 2.45) is 0 Å². The second-order valence-electron chi connectivity index (χ2n) is 5.06. The van der Waals surface area contributed by atoms with E-state index in [2.05, 4.69) is 10.6 Å². The summed E-state index contributed by atoms with van der Waals surface area (Å²) < 4.78 is 5.07. The van der Waals surface area contributed by atoms with Crippen LogP contribution in [0.1, 0.15) is 30.1 Å². The first-order valence-electron chi connectivity index (χ1n) is 7.47. The largest absolute Gasteiger partial charge is 0.497 e. The number of hydrogen-bond donors (Lipinski definition) is 2. The van der Waals surface area contributed by atoms with Crippen molar-refractivity contribution in [1.82, 2.24) is 0 Å². The van der Waals surface area contributed by atoms with E-state index in [1.807, 2.05) is 6.92 Å². The minimum atomic E-state index is -0.218. The lowest BCUT2D eigenvalue weighted by atomic mass is 10.2. The zero-order chi connectivity index (χ0) is 16.7. The topological polar surface area (TPSA) is 67.4 Å². The van der Waals surface area contributed by atoms with Crippen LogP contribution in [0.3, 0.4) is 0 Å². The molecule has 2 amide bonds. The summed E-state index contributed by atoms with van der Waals surface area (Å²) in [7, 11) is 1.58. The molecule has 0 spiro atoms. The number of ether oxygens (including phenoxy) is 1. The molecule has 0 aliphatic carbocycles. The maximum absolute atomic E-state index is 12.2. The van der Waals surface area contributed by atoms with Crippen molar-refractivity contribution >= 4 is 23.2 Å². The molecule has 0 aromatic heterocycles. The first-order chi connectivity index (χ1) is 11.1. The predicted octanol–water partition coefficient (Wildman–Crippen LogP) is 3.69. The van der Waals surface area contributed by atoms with Crippen molar-refractivity contribution in [2.75, 3.05) is 17.7 Å². The van der Waals surface area contributed by atoms with Crippen LogP contribution in [0.25, 0.3) is 0 Å². The summed E-state index contributed by atoms with van der Waals surface area (Å²) in [6.07, 6.45) is 1.27. The molecule has 0 atom stereocenters. The monoisotopic (exact) mass is 312 g/mol. The second kappa shape index (κ2) is 7.98. The summed E-state index contributed by atoms with van der Waals surface area (Å²) in [5, 5.41) is 5.61. The summed E-state index contributed by atoms with van der Waals surface area (Å²) >= 11 is 0. The van der Waals surface area contributed by atoms with Gasteiger partial charge in [0.05, 0.1) is 7.11 Å². The Balaban J connectivity index is 2.04. The van der Waals surface area contributed by atoms with Crippen LogP contribution in [-0.2, 0) is 4.79 Å². The van der Waals surface area contributed by atoms with Gasteiger partial charge in [-0.25, -0.2) is 0 Å². The summed E-state index contributed by atoms with van der Waals surface area (Å²) in [5.41, 5.74) is 1.82. The standard InChI is InChI=1S/C18H20N2O3/c1-3-5-17(21)19-14-6-4-7-15(12-14)20-18(22)13-8-10-16(23-2)11-9-13/h4,6-12H,3,5H2,1-2H3,(H,19,21)(H,20,22). The minimum absolute atomic E-state index is 0.0360. The number of carbonyl (C=O) groups is 2. The fraction of sp³-hybridized carbons (Fsp3) is 0.222. The van der Waals surface area contributed by atoms with Crippen LogP contribution in [0.5, 0.6) is 5.75 Å². The van der Waals surface area contributed by atoms with Gasteiger partial charge in [0.2, 0.25) is 5.91 Å². The smallest absolute Gasteiger partial charge is 0.255 e. The highest BCUT2D eigenvalue weighted by atomic mass is 16.5. The van der Waals surface area contributed by atoms with E-state index in [1.54, 1.807) is 55.6 Å². The Morgan fingerprint density at radius 1 is 1.00 bits per heavy atom. The number of rotatable bonds is 6. The Morgan fingerprint density at radius 3 is 2.26 bits per heavy atom. The van der Waals surface area contributed by atoms with Crippen molar-refractivity contribution in [3.8, 4) is 5.75 Å². The highest BCUT2D eigenvalue weighted by Gasteiger charge is 2.07. The maximum Gasteiger partial charge on any atom is 0.255 e. The van der Waals surface area contributed by atoms with Crippen LogP contribution in [0.4, 0.5) is 11.4 Å². The van der Waals surface area contributed by atoms with Gasteiger partial charge in [0.15, 0.2) is 0 Å². The molecule has 5 nitrogen and oxygen atoms in total. The van der Waals surface area contributed by atoms with E-state index in [1.165, 1.54) is 0 Å². The van der Waals surface area contributed by atoms with E-state index in [9.17, 15) is 9.59 Å². The Morgan fingerprint density at radius 2 is 1.65 bits per heavy atom. The summed E-state index contributed by atoms with van der Waals surface area (Å²) in [5.74, 6) is 0.443. The first-order valence-corrected chi connectivity index (χ1v) is 7.47. The summed E-state index contributed by atoms with van der Waals surface area (Å²) in [6, 6.07) is 13.9. The SMILES string of the molecule is CCCC(=O)Nc1cccc(NC(=O)c2ccc(OC)cc2)c1. The van der Waals surface area contributed by atoms with Gasteiger partial charge in [-0.05, 0) is 48.9 Å². The normalized spacial score (nSPS) is 10.0. The highest BCUT2D eigenvalue weighted by molar-refractivity contribution is 6.04. The Kier molecular flexibility index (Phi) is 5.74. The molecule has 2 N–H and O–H groups in total. The molecule has 23 heavy (non-hydrogen) atoms. The quantitative estimate of drug-likeness (QED) is 0.855. The number of hydrogen-bond acceptors (Lipinski definition) is 3. The fourth-order valence-electron chi connectivity index (χ4n) is 2.07. The Bertz CT molecular complexity index is 681. The van der Waals surface area contributed by atoms with E-state index in [-0.39, 0.29) is 11.8 Å². The number of amides is 2. The molecule has 0 saturated carbocycles. The minimum Gasteiger partial charge on any atom is -0.497 e. The third-order valence-corrected chi connectivity index (χ3v) is 3.23. The fourth-order valence-corrected chi connectivity index (χ4v) is 2.07. The van der Waals surface area contributed by atoms with E-state index < -0.39 is 0 Å². The lowest BCUT2D eigenvalue weighted by Gasteiger charge is -2.09. The molecule has 0 aliphatic rings. The van der Waals surface area contributed by atoms with Gasteiger partial charge in [-0.1, -0.05) is 13.0 Å². The summed E-state index contributed by atoms with van der Waals surface area (Å²) in [4.78, 5) is 23.8. The number of anilines is 2. The van der Waals surface area contributed by atoms with Crippen molar-refractivity contribution in [3.05, 3.63) is 54.1 Å². The maximum atomic E-state index is 12.2. The zero-order valence-electron chi connectivity index (χ0n) is 13.3. The number of carbonyl (C=O) groups excluding carboxylic acids is 2. The van der Waals surface area contributed by atoms with Crippen LogP contribution in [-0.4, -0.2) is 18.9 Å². The van der Waals surface area contributed by atoms with Crippen LogP contribution >= 0.6 is 0 Å². The lowest BCUT2D eigenvalue weighted by Crippen LogP contribution is -2.13. The number of nitrogens with one attached hydrogen (secondary N) is 2. The van der Waals surface area contributed by atoms with Gasteiger partial charge in [0.1, 0.15) is 5.75 Å². The number of methoxy groups -OCH3 is 1. The van der Waals surface area contributed by atoms with Crippen molar-refractivity contribution in [2.45, 2.75) is 19.8 Å². The van der Waals surface area contributed by atoms with Crippen LogP contribution in [0.2, 0.25) is 0 Å². The van der Waals surface area contributed by atoms with Crippen molar-refractivity contribution in [1.29, 1.82) is 0 Å². The van der Waals surface area contributed by atoms with Gasteiger partial charge in [-0.15, -0.1) is 0 Å². The lowest BCUT2D eigenvalue weighted by molar-refractivity contribution is -0.116. The first kappa shape index (κ1) is 16.5. The molecule has 0 radical (unpaired) electrons. The molecule has 0 heterocycles. The number of benzene rings is 2. The van der Waals surface area contributed by atoms with Crippen LogP contribution < -0.4 is 15.4 Å². The van der Waals surface area contributed by atoms with Crippen molar-refractivity contribution in [3.63, 3.8) is 0 Å². The molecule has 0 aliphatic heterocycles. The molecule has 0 saturated heterocycles. The average molecular weight is 312 g/mol. The average Bonchev–Trinajstić information content (AvgIpc) is 2.55. The van der Waals surface area contributed by atoms with Crippen molar-refractivity contribution < 1.29 is 14.3 Å². The van der Waals surface area contributed by atoms with Gasteiger partial charge in [0, 0.05) is 23.4 Å². The highest BCUT2D eigenvalue weighted by Crippen LogP contribution is 2.17. The molecule has 5 heteroatoms.